The molecule has 0 bridgehead atoms. The highest BCUT2D eigenvalue weighted by Crippen LogP contribution is 2.17. The lowest BCUT2D eigenvalue weighted by molar-refractivity contribution is -0.128. The van der Waals surface area contributed by atoms with E-state index in [0.717, 1.165) is 0 Å². The molecule has 0 spiro atoms. The van der Waals surface area contributed by atoms with Crippen LogP contribution in [0.15, 0.2) is 24.3 Å². The lowest BCUT2D eigenvalue weighted by Gasteiger charge is -2.32. The molecule has 27 heavy (non-hydrogen) atoms. The van der Waals surface area contributed by atoms with Crippen LogP contribution in [0.5, 0.6) is 5.75 Å². The number of nitrogens with one attached hydrogen (secondary N) is 2. The standard InChI is InChI=1S/C20H30N4O3/c1-7-24(15(4)19(26)23-20(5,13-21)14(2)3)12-18(25)22-16-8-10-17(27-6)11-9-16/h8-11,14-15H,7,12H2,1-6H3,(H,22,25)(H,23,26). The average Bonchev–Trinajstić information content (AvgIpc) is 2.65. The van der Waals surface area contributed by atoms with E-state index in [1.54, 1.807) is 50.1 Å². The van der Waals surface area contributed by atoms with Crippen LogP contribution in [0.1, 0.15) is 34.6 Å². The summed E-state index contributed by atoms with van der Waals surface area (Å²) in [5.41, 5.74) is -0.290. The molecule has 1 rings (SSSR count). The third-order valence-electron chi connectivity index (χ3n) is 4.82. The van der Waals surface area contributed by atoms with Gasteiger partial charge in [-0.15, -0.1) is 0 Å². The van der Waals surface area contributed by atoms with E-state index in [0.29, 0.717) is 18.0 Å². The van der Waals surface area contributed by atoms with Crippen LogP contribution in [0, 0.1) is 17.2 Å². The van der Waals surface area contributed by atoms with Gasteiger partial charge in [-0.25, -0.2) is 0 Å². The van der Waals surface area contributed by atoms with Gasteiger partial charge in [-0.3, -0.25) is 14.5 Å². The lowest BCUT2D eigenvalue weighted by atomic mass is 9.89. The minimum absolute atomic E-state index is 0.0351. The molecule has 1 aromatic carbocycles. The summed E-state index contributed by atoms with van der Waals surface area (Å²) in [5.74, 6) is 0.187. The first-order valence-electron chi connectivity index (χ1n) is 9.08. The second-order valence-corrected chi connectivity index (χ2v) is 6.97. The summed E-state index contributed by atoms with van der Waals surface area (Å²) in [6.45, 7) is 9.68. The summed E-state index contributed by atoms with van der Waals surface area (Å²) in [6, 6.07) is 8.66. The maximum atomic E-state index is 12.6. The van der Waals surface area contributed by atoms with Gasteiger partial charge in [0.15, 0.2) is 0 Å². The first-order valence-corrected chi connectivity index (χ1v) is 9.08. The molecule has 0 fully saturated rings. The summed E-state index contributed by atoms with van der Waals surface area (Å²) >= 11 is 0. The van der Waals surface area contributed by atoms with Crippen LogP contribution in [0.3, 0.4) is 0 Å². The Morgan fingerprint density at radius 3 is 2.30 bits per heavy atom. The van der Waals surface area contributed by atoms with Crippen molar-refractivity contribution in [2.75, 3.05) is 25.5 Å². The number of rotatable bonds is 9. The summed E-state index contributed by atoms with van der Waals surface area (Å²) in [4.78, 5) is 26.7. The second-order valence-electron chi connectivity index (χ2n) is 6.97. The van der Waals surface area contributed by atoms with E-state index in [-0.39, 0.29) is 24.3 Å². The van der Waals surface area contributed by atoms with E-state index in [9.17, 15) is 14.9 Å². The van der Waals surface area contributed by atoms with E-state index in [4.69, 9.17) is 4.74 Å². The minimum atomic E-state index is -0.948. The maximum absolute atomic E-state index is 12.6. The van der Waals surface area contributed by atoms with Gasteiger partial charge in [0.1, 0.15) is 11.3 Å². The van der Waals surface area contributed by atoms with Gasteiger partial charge in [-0.2, -0.15) is 5.26 Å². The molecule has 7 nitrogen and oxygen atoms in total. The maximum Gasteiger partial charge on any atom is 0.238 e. The van der Waals surface area contributed by atoms with Crippen molar-refractivity contribution in [3.8, 4) is 11.8 Å². The molecule has 0 radical (unpaired) electrons. The number of likely N-dealkylation sites (N-methyl/N-ethyl adjacent to an activating group) is 1. The molecule has 2 unspecified atom stereocenters. The average molecular weight is 374 g/mol. The van der Waals surface area contributed by atoms with E-state index >= 15 is 0 Å². The molecule has 0 heterocycles. The summed E-state index contributed by atoms with van der Waals surface area (Å²) in [5, 5.41) is 15.0. The van der Waals surface area contributed by atoms with Crippen molar-refractivity contribution >= 4 is 17.5 Å². The molecule has 0 saturated heterocycles. The fourth-order valence-electron chi connectivity index (χ4n) is 2.41. The number of ether oxygens (including phenoxy) is 1. The van der Waals surface area contributed by atoms with Crippen LogP contribution >= 0.6 is 0 Å². The molecule has 0 aliphatic carbocycles. The van der Waals surface area contributed by atoms with Gasteiger partial charge in [0, 0.05) is 5.69 Å². The molecular weight excluding hydrogens is 344 g/mol. The molecule has 0 aromatic heterocycles. The lowest BCUT2D eigenvalue weighted by Crippen LogP contribution is -2.55. The van der Waals surface area contributed by atoms with Gasteiger partial charge < -0.3 is 15.4 Å². The van der Waals surface area contributed by atoms with Crippen LogP contribution in [0.4, 0.5) is 5.69 Å². The number of nitriles is 1. The molecule has 7 heteroatoms. The third-order valence-corrected chi connectivity index (χ3v) is 4.82. The Bertz CT molecular complexity index is 681. The predicted octanol–water partition coefficient (Wildman–Crippen LogP) is 2.40. The predicted molar refractivity (Wildman–Crippen MR) is 105 cm³/mol. The van der Waals surface area contributed by atoms with Crippen molar-refractivity contribution in [2.45, 2.75) is 46.2 Å². The fraction of sp³-hybridized carbons (Fsp3) is 0.550. The van der Waals surface area contributed by atoms with Gasteiger partial charge in [0.05, 0.1) is 25.8 Å². The van der Waals surface area contributed by atoms with Crippen LogP contribution in [-0.4, -0.2) is 48.5 Å². The molecule has 2 amide bonds. The highest BCUT2D eigenvalue weighted by atomic mass is 16.5. The zero-order valence-electron chi connectivity index (χ0n) is 17.0. The van der Waals surface area contributed by atoms with Crippen molar-refractivity contribution in [1.29, 1.82) is 5.26 Å². The van der Waals surface area contributed by atoms with Crippen LogP contribution < -0.4 is 15.4 Å². The zero-order chi connectivity index (χ0) is 20.6. The number of hydrogen-bond donors (Lipinski definition) is 2. The topological polar surface area (TPSA) is 94.5 Å². The van der Waals surface area contributed by atoms with Gasteiger partial charge in [-0.05, 0) is 50.6 Å². The first-order chi connectivity index (χ1) is 12.7. The SMILES string of the molecule is CCN(CC(=O)Nc1ccc(OC)cc1)C(C)C(=O)NC(C)(C#N)C(C)C. The highest BCUT2D eigenvalue weighted by molar-refractivity contribution is 5.93. The minimum Gasteiger partial charge on any atom is -0.497 e. The molecular formula is C20H30N4O3. The number of amides is 2. The van der Waals surface area contributed by atoms with E-state index < -0.39 is 11.6 Å². The van der Waals surface area contributed by atoms with Crippen LogP contribution in [0.2, 0.25) is 0 Å². The number of hydrogen-bond acceptors (Lipinski definition) is 5. The molecule has 0 saturated carbocycles. The number of benzene rings is 1. The number of nitrogens with zero attached hydrogens (tertiary/aromatic N) is 2. The largest absolute Gasteiger partial charge is 0.497 e. The van der Waals surface area contributed by atoms with Gasteiger partial charge in [-0.1, -0.05) is 20.8 Å². The molecule has 0 aliphatic heterocycles. The number of methoxy groups -OCH3 is 1. The highest BCUT2D eigenvalue weighted by Gasteiger charge is 2.33. The number of anilines is 1. The molecule has 148 valence electrons. The molecule has 0 aliphatic rings. The van der Waals surface area contributed by atoms with E-state index in [1.807, 2.05) is 20.8 Å². The number of carbonyl (C=O) groups excluding carboxylic acids is 2. The normalized spacial score (nSPS) is 14.2. The zero-order valence-corrected chi connectivity index (χ0v) is 17.0. The van der Waals surface area contributed by atoms with Crippen molar-refractivity contribution in [1.82, 2.24) is 10.2 Å². The van der Waals surface area contributed by atoms with Crippen molar-refractivity contribution < 1.29 is 14.3 Å². The second kappa shape index (κ2) is 9.93. The summed E-state index contributed by atoms with van der Waals surface area (Å²) < 4.78 is 5.09. The first kappa shape index (κ1) is 22.5. The Morgan fingerprint density at radius 1 is 1.26 bits per heavy atom. The Balaban J connectivity index is 2.71. The van der Waals surface area contributed by atoms with E-state index in [2.05, 4.69) is 16.7 Å². The van der Waals surface area contributed by atoms with E-state index in [1.165, 1.54) is 0 Å². The van der Waals surface area contributed by atoms with Gasteiger partial charge >= 0.3 is 0 Å². The Kier molecular flexibility index (Phi) is 8.26. The van der Waals surface area contributed by atoms with Gasteiger partial charge in [0.2, 0.25) is 11.8 Å². The Morgan fingerprint density at radius 2 is 1.85 bits per heavy atom. The van der Waals surface area contributed by atoms with Crippen molar-refractivity contribution in [2.24, 2.45) is 5.92 Å². The summed E-state index contributed by atoms with van der Waals surface area (Å²) in [7, 11) is 1.58. The van der Waals surface area contributed by atoms with Gasteiger partial charge in [0.25, 0.3) is 0 Å². The monoisotopic (exact) mass is 374 g/mol. The van der Waals surface area contributed by atoms with Crippen molar-refractivity contribution in [3.05, 3.63) is 24.3 Å². The molecule has 1 aromatic rings. The Hall–Kier alpha value is -2.59. The third kappa shape index (κ3) is 6.26. The van der Waals surface area contributed by atoms with Crippen LogP contribution in [0.25, 0.3) is 0 Å². The van der Waals surface area contributed by atoms with Crippen LogP contribution in [-0.2, 0) is 9.59 Å². The smallest absolute Gasteiger partial charge is 0.238 e. The quantitative estimate of drug-likeness (QED) is 0.692. The van der Waals surface area contributed by atoms with Crippen molar-refractivity contribution in [3.63, 3.8) is 0 Å². The molecule has 2 N–H and O–H groups in total. The fourth-order valence-corrected chi connectivity index (χ4v) is 2.41. The summed E-state index contributed by atoms with van der Waals surface area (Å²) in [6.07, 6.45) is 0. The number of carbonyl (C=O) groups is 2. The Labute approximate surface area is 161 Å². The molecule has 2 atom stereocenters.